The van der Waals surface area contributed by atoms with Crippen molar-refractivity contribution in [1.82, 2.24) is 10.3 Å². The number of benzene rings is 2. The summed E-state index contributed by atoms with van der Waals surface area (Å²) in [4.78, 5) is 6.83. The Morgan fingerprint density at radius 2 is 1.86 bits per heavy atom. The predicted molar refractivity (Wildman–Crippen MR) is 123 cm³/mol. The molecule has 4 nitrogen and oxygen atoms in total. The van der Waals surface area contributed by atoms with Gasteiger partial charge in [0, 0.05) is 47.1 Å². The summed E-state index contributed by atoms with van der Waals surface area (Å²) in [6.07, 6.45) is 3.83. The van der Waals surface area contributed by atoms with Gasteiger partial charge in [0.2, 0.25) is 0 Å². The maximum Gasteiger partial charge on any atom is 0.170 e. The molecule has 0 amide bonds. The molecule has 1 saturated heterocycles. The third kappa shape index (κ3) is 4.32. The third-order valence-electron chi connectivity index (χ3n) is 4.95. The quantitative estimate of drug-likeness (QED) is 0.536. The van der Waals surface area contributed by atoms with Crippen molar-refractivity contribution in [2.45, 2.75) is 18.9 Å². The number of nitrogens with zero attached hydrogens (tertiary/aromatic N) is 2. The first-order valence-electron chi connectivity index (χ1n) is 9.21. The lowest BCUT2D eigenvalue weighted by molar-refractivity contribution is 0.468. The Morgan fingerprint density at radius 3 is 2.64 bits per heavy atom. The van der Waals surface area contributed by atoms with Crippen molar-refractivity contribution in [2.75, 3.05) is 23.3 Å². The lowest BCUT2D eigenvalue weighted by Gasteiger charge is -2.35. The minimum absolute atomic E-state index is 0.340. The monoisotopic (exact) mass is 430 g/mol. The Morgan fingerprint density at radius 1 is 1.07 bits per heavy atom. The molecular weight excluding hydrogens is 411 g/mol. The molecule has 2 aromatic carbocycles. The molecule has 1 aliphatic heterocycles. The molecule has 1 aliphatic rings. The van der Waals surface area contributed by atoms with Crippen LogP contribution in [0.1, 0.15) is 12.8 Å². The number of fused-ring (bicyclic) bond motifs is 1. The number of pyridine rings is 1. The van der Waals surface area contributed by atoms with Gasteiger partial charge in [0.15, 0.2) is 5.11 Å². The molecule has 2 heterocycles. The average Bonchev–Trinajstić information content (AvgIpc) is 2.69. The van der Waals surface area contributed by atoms with Crippen LogP contribution in [0.2, 0.25) is 10.0 Å². The molecule has 0 saturated carbocycles. The molecular formula is C21H20Cl2N4S. The molecule has 1 fully saturated rings. The summed E-state index contributed by atoms with van der Waals surface area (Å²) in [5.74, 6) is 0. The molecule has 0 spiro atoms. The first-order valence-corrected chi connectivity index (χ1v) is 10.4. The highest BCUT2D eigenvalue weighted by molar-refractivity contribution is 7.80. The summed E-state index contributed by atoms with van der Waals surface area (Å²) in [5.41, 5.74) is 2.93. The highest BCUT2D eigenvalue weighted by Crippen LogP contribution is 2.31. The van der Waals surface area contributed by atoms with Crippen molar-refractivity contribution < 1.29 is 0 Å². The van der Waals surface area contributed by atoms with Crippen LogP contribution in [0.25, 0.3) is 10.9 Å². The minimum atomic E-state index is 0.340. The Bertz CT molecular complexity index is 1000. The van der Waals surface area contributed by atoms with E-state index in [0.29, 0.717) is 21.2 Å². The van der Waals surface area contributed by atoms with Crippen LogP contribution in [0.4, 0.5) is 11.4 Å². The minimum Gasteiger partial charge on any atom is -0.371 e. The van der Waals surface area contributed by atoms with E-state index in [9.17, 15) is 0 Å². The summed E-state index contributed by atoms with van der Waals surface area (Å²) in [7, 11) is 0. The van der Waals surface area contributed by atoms with Gasteiger partial charge in [-0.1, -0.05) is 41.4 Å². The maximum absolute atomic E-state index is 6.30. The Labute approximate surface area is 179 Å². The van der Waals surface area contributed by atoms with Gasteiger partial charge in [-0.2, -0.15) is 0 Å². The molecule has 0 bridgehead atoms. The van der Waals surface area contributed by atoms with Gasteiger partial charge in [0.05, 0.1) is 10.5 Å². The second kappa shape index (κ2) is 8.52. The number of para-hydroxylation sites is 1. The van der Waals surface area contributed by atoms with E-state index in [2.05, 4.69) is 32.7 Å². The van der Waals surface area contributed by atoms with Gasteiger partial charge in [-0.25, -0.2) is 0 Å². The van der Waals surface area contributed by atoms with E-state index in [0.717, 1.165) is 42.5 Å². The molecule has 28 heavy (non-hydrogen) atoms. The zero-order valence-corrected chi connectivity index (χ0v) is 17.5. The molecule has 0 aliphatic carbocycles. The van der Waals surface area contributed by atoms with E-state index in [4.69, 9.17) is 35.4 Å². The van der Waals surface area contributed by atoms with Gasteiger partial charge in [-0.15, -0.1) is 0 Å². The van der Waals surface area contributed by atoms with Gasteiger partial charge in [-0.3, -0.25) is 4.98 Å². The standard InChI is InChI=1S/C21H20Cl2N4S/c22-14-3-1-4-16(13-14)26-21(28)25-15-8-11-27(12-9-15)19-7-10-24-20-17(19)5-2-6-18(20)23/h1-7,10,13,15H,8-9,11-12H2,(H2,25,26,28). The number of rotatable bonds is 3. The fourth-order valence-corrected chi connectivity index (χ4v) is 4.28. The molecule has 7 heteroatoms. The molecule has 0 radical (unpaired) electrons. The third-order valence-corrected chi connectivity index (χ3v) is 5.71. The van der Waals surface area contributed by atoms with Crippen molar-refractivity contribution in [3.8, 4) is 0 Å². The number of thiocarbonyl (C=S) groups is 1. The second-order valence-corrected chi connectivity index (χ2v) is 8.09. The summed E-state index contributed by atoms with van der Waals surface area (Å²) in [6.45, 7) is 1.89. The summed E-state index contributed by atoms with van der Waals surface area (Å²) < 4.78 is 0. The lowest BCUT2D eigenvalue weighted by Crippen LogP contribution is -2.46. The van der Waals surface area contributed by atoms with Crippen LogP contribution >= 0.6 is 35.4 Å². The molecule has 4 rings (SSSR count). The number of anilines is 2. The number of hydrogen-bond donors (Lipinski definition) is 2. The largest absolute Gasteiger partial charge is 0.371 e. The van der Waals surface area contributed by atoms with Crippen molar-refractivity contribution in [1.29, 1.82) is 0 Å². The topological polar surface area (TPSA) is 40.2 Å². The summed E-state index contributed by atoms with van der Waals surface area (Å²) in [6, 6.07) is 15.9. The maximum atomic E-state index is 6.30. The van der Waals surface area contributed by atoms with Gasteiger partial charge < -0.3 is 15.5 Å². The van der Waals surface area contributed by atoms with Crippen LogP contribution < -0.4 is 15.5 Å². The number of piperidine rings is 1. The lowest BCUT2D eigenvalue weighted by atomic mass is 10.0. The van der Waals surface area contributed by atoms with E-state index < -0.39 is 0 Å². The van der Waals surface area contributed by atoms with E-state index in [1.807, 2.05) is 42.6 Å². The van der Waals surface area contributed by atoms with Gasteiger partial charge in [0.25, 0.3) is 0 Å². The van der Waals surface area contributed by atoms with Crippen LogP contribution in [0, 0.1) is 0 Å². The number of nitrogens with one attached hydrogen (secondary N) is 2. The molecule has 0 unspecified atom stereocenters. The van der Waals surface area contributed by atoms with Crippen LogP contribution in [0.3, 0.4) is 0 Å². The van der Waals surface area contributed by atoms with Crippen LogP contribution in [0.5, 0.6) is 0 Å². The number of hydrogen-bond acceptors (Lipinski definition) is 3. The zero-order chi connectivity index (χ0) is 19.5. The SMILES string of the molecule is S=C(Nc1cccc(Cl)c1)NC1CCN(c2ccnc3c(Cl)cccc23)CC1. The smallest absolute Gasteiger partial charge is 0.170 e. The molecule has 0 atom stereocenters. The highest BCUT2D eigenvalue weighted by atomic mass is 35.5. The summed E-state index contributed by atoms with van der Waals surface area (Å²) in [5, 5.41) is 9.72. The Kier molecular flexibility index (Phi) is 5.85. The van der Waals surface area contributed by atoms with Gasteiger partial charge in [-0.05, 0) is 55.4 Å². The van der Waals surface area contributed by atoms with Crippen LogP contribution in [-0.2, 0) is 0 Å². The first-order chi connectivity index (χ1) is 13.6. The molecule has 3 aromatic rings. The Hall–Kier alpha value is -2.08. The van der Waals surface area contributed by atoms with Gasteiger partial charge in [0.1, 0.15) is 0 Å². The average molecular weight is 431 g/mol. The number of aromatic nitrogens is 1. The van der Waals surface area contributed by atoms with Crippen molar-refractivity contribution in [3.63, 3.8) is 0 Å². The van der Waals surface area contributed by atoms with Crippen molar-refractivity contribution >= 4 is 62.8 Å². The van der Waals surface area contributed by atoms with E-state index in [1.54, 1.807) is 0 Å². The zero-order valence-electron chi connectivity index (χ0n) is 15.2. The highest BCUT2D eigenvalue weighted by Gasteiger charge is 2.21. The van der Waals surface area contributed by atoms with E-state index >= 15 is 0 Å². The fourth-order valence-electron chi connectivity index (χ4n) is 3.58. The predicted octanol–water partition coefficient (Wildman–Crippen LogP) is 5.50. The van der Waals surface area contributed by atoms with Crippen LogP contribution in [0.15, 0.2) is 54.7 Å². The fraction of sp³-hybridized carbons (Fsp3) is 0.238. The molecule has 2 N–H and O–H groups in total. The molecule has 144 valence electrons. The van der Waals surface area contributed by atoms with E-state index in [-0.39, 0.29) is 0 Å². The van der Waals surface area contributed by atoms with Crippen molar-refractivity contribution in [2.24, 2.45) is 0 Å². The van der Waals surface area contributed by atoms with Crippen LogP contribution in [-0.4, -0.2) is 29.2 Å². The second-order valence-electron chi connectivity index (χ2n) is 6.84. The van der Waals surface area contributed by atoms with Crippen molar-refractivity contribution in [3.05, 3.63) is 64.8 Å². The first kappa shape index (κ1) is 19.2. The van der Waals surface area contributed by atoms with E-state index in [1.165, 1.54) is 5.69 Å². The van der Waals surface area contributed by atoms with Gasteiger partial charge >= 0.3 is 0 Å². The number of halogens is 2. The normalized spacial score (nSPS) is 14.9. The Balaban J connectivity index is 1.37. The summed E-state index contributed by atoms with van der Waals surface area (Å²) >= 11 is 17.8. The molecule has 1 aromatic heterocycles.